The van der Waals surface area contributed by atoms with Crippen molar-refractivity contribution < 1.29 is 18.7 Å². The molecule has 1 aliphatic heterocycles. The maximum atomic E-state index is 13.0. The van der Waals surface area contributed by atoms with Crippen LogP contribution in [0.3, 0.4) is 0 Å². The Morgan fingerprint density at radius 1 is 1.36 bits per heavy atom. The molecule has 1 saturated heterocycles. The van der Waals surface area contributed by atoms with Gasteiger partial charge in [0.05, 0.1) is 6.61 Å². The van der Waals surface area contributed by atoms with Crippen LogP contribution in [0, 0.1) is 17.7 Å². The Hall–Kier alpha value is -1.91. The van der Waals surface area contributed by atoms with Crippen molar-refractivity contribution in [3.63, 3.8) is 0 Å². The molecule has 0 bridgehead atoms. The highest BCUT2D eigenvalue weighted by Gasteiger charge is 2.46. The van der Waals surface area contributed by atoms with E-state index in [-0.39, 0.29) is 29.5 Å². The van der Waals surface area contributed by atoms with E-state index in [1.807, 2.05) is 13.8 Å². The number of likely N-dealkylation sites (tertiary alicyclic amines) is 1. The molecule has 0 N–H and O–H groups in total. The second-order valence-corrected chi connectivity index (χ2v) is 5.96. The van der Waals surface area contributed by atoms with Crippen molar-refractivity contribution in [3.05, 3.63) is 35.6 Å². The van der Waals surface area contributed by atoms with Gasteiger partial charge in [0.1, 0.15) is 11.9 Å². The molecule has 0 spiro atoms. The minimum atomic E-state index is -0.558. The number of rotatable bonds is 5. The fourth-order valence-corrected chi connectivity index (χ4v) is 2.92. The number of amides is 1. The second-order valence-electron chi connectivity index (χ2n) is 5.96. The molecule has 2 atom stereocenters. The smallest absolute Gasteiger partial charge is 0.329 e. The van der Waals surface area contributed by atoms with Crippen LogP contribution in [0.2, 0.25) is 0 Å². The number of benzene rings is 1. The lowest BCUT2D eigenvalue weighted by atomic mass is 9.88. The van der Waals surface area contributed by atoms with Crippen LogP contribution in [0.15, 0.2) is 24.3 Å². The van der Waals surface area contributed by atoms with Crippen molar-refractivity contribution in [2.45, 2.75) is 39.8 Å². The highest BCUT2D eigenvalue weighted by molar-refractivity contribution is 5.89. The first-order valence-electron chi connectivity index (χ1n) is 7.64. The van der Waals surface area contributed by atoms with Gasteiger partial charge in [0, 0.05) is 18.9 Å². The van der Waals surface area contributed by atoms with Gasteiger partial charge in [-0.2, -0.15) is 0 Å². The van der Waals surface area contributed by atoms with Gasteiger partial charge in [-0.1, -0.05) is 26.0 Å². The van der Waals surface area contributed by atoms with Gasteiger partial charge < -0.3 is 9.64 Å². The summed E-state index contributed by atoms with van der Waals surface area (Å²) in [7, 11) is 0. The van der Waals surface area contributed by atoms with Crippen molar-refractivity contribution >= 4 is 11.9 Å². The van der Waals surface area contributed by atoms with Crippen molar-refractivity contribution in [3.8, 4) is 0 Å². The summed E-state index contributed by atoms with van der Waals surface area (Å²) in [5, 5.41) is 0. The van der Waals surface area contributed by atoms with E-state index in [0.29, 0.717) is 19.6 Å². The highest BCUT2D eigenvalue weighted by Crippen LogP contribution is 2.33. The van der Waals surface area contributed by atoms with Gasteiger partial charge in [0.25, 0.3) is 0 Å². The van der Waals surface area contributed by atoms with E-state index in [0.717, 1.165) is 5.56 Å². The van der Waals surface area contributed by atoms with Gasteiger partial charge in [-0.15, -0.1) is 0 Å². The van der Waals surface area contributed by atoms with E-state index in [4.69, 9.17) is 4.74 Å². The zero-order chi connectivity index (χ0) is 16.3. The third-order valence-corrected chi connectivity index (χ3v) is 4.12. The molecule has 1 amide bonds. The van der Waals surface area contributed by atoms with Crippen molar-refractivity contribution in [1.82, 2.24) is 4.90 Å². The summed E-state index contributed by atoms with van der Waals surface area (Å²) < 4.78 is 18.1. The molecule has 0 saturated carbocycles. The molecular weight excluding hydrogens is 285 g/mol. The van der Waals surface area contributed by atoms with Crippen LogP contribution in [0.1, 0.15) is 32.8 Å². The highest BCUT2D eigenvalue weighted by atomic mass is 19.1. The van der Waals surface area contributed by atoms with Crippen LogP contribution in [-0.4, -0.2) is 29.4 Å². The van der Waals surface area contributed by atoms with Crippen LogP contribution in [0.4, 0.5) is 4.39 Å². The molecule has 1 aliphatic rings. The van der Waals surface area contributed by atoms with Crippen molar-refractivity contribution in [2.24, 2.45) is 11.8 Å². The largest absolute Gasteiger partial charge is 0.464 e. The topological polar surface area (TPSA) is 46.6 Å². The van der Waals surface area contributed by atoms with Crippen LogP contribution < -0.4 is 0 Å². The molecular formula is C17H22FNO3. The molecule has 0 radical (unpaired) electrons. The number of halogens is 1. The van der Waals surface area contributed by atoms with Gasteiger partial charge in [-0.3, -0.25) is 4.79 Å². The zero-order valence-electron chi connectivity index (χ0n) is 13.2. The molecule has 1 fully saturated rings. The maximum absolute atomic E-state index is 13.0. The van der Waals surface area contributed by atoms with E-state index >= 15 is 0 Å². The Labute approximate surface area is 130 Å². The minimum Gasteiger partial charge on any atom is -0.464 e. The molecule has 1 aromatic carbocycles. The fourth-order valence-electron chi connectivity index (χ4n) is 2.92. The number of carbonyl (C=O) groups is 2. The first-order chi connectivity index (χ1) is 10.4. The maximum Gasteiger partial charge on any atom is 0.329 e. The van der Waals surface area contributed by atoms with E-state index < -0.39 is 6.04 Å². The molecule has 0 aromatic heterocycles. The summed E-state index contributed by atoms with van der Waals surface area (Å²) in [5.74, 6) is -0.572. The van der Waals surface area contributed by atoms with E-state index in [1.54, 1.807) is 24.0 Å². The van der Waals surface area contributed by atoms with Crippen molar-refractivity contribution in [2.75, 3.05) is 6.61 Å². The number of hydrogen-bond acceptors (Lipinski definition) is 3. The Kier molecular flexibility index (Phi) is 5.16. The average molecular weight is 307 g/mol. The lowest BCUT2D eigenvalue weighted by Gasteiger charge is -2.28. The summed E-state index contributed by atoms with van der Waals surface area (Å²) in [6.45, 7) is 6.35. The Balaban J connectivity index is 2.23. The SMILES string of the molecule is CCOC(=O)[C@@H]1[C@@H](C(C)C)CC(=O)N1Cc1ccc(F)cc1. The van der Waals surface area contributed by atoms with Crippen LogP contribution in [-0.2, 0) is 20.9 Å². The summed E-state index contributed by atoms with van der Waals surface area (Å²) in [6, 6.07) is 5.42. The van der Waals surface area contributed by atoms with Gasteiger partial charge in [0.15, 0.2) is 0 Å². The quantitative estimate of drug-likeness (QED) is 0.786. The summed E-state index contributed by atoms with van der Waals surface area (Å²) in [6.07, 6.45) is 0.350. The predicted octanol–water partition coefficient (Wildman–Crippen LogP) is 2.76. The molecule has 1 aromatic rings. The summed E-state index contributed by atoms with van der Waals surface area (Å²) in [5.41, 5.74) is 0.799. The van der Waals surface area contributed by atoms with Gasteiger partial charge >= 0.3 is 5.97 Å². The Bertz CT molecular complexity index is 541. The van der Waals surface area contributed by atoms with Crippen molar-refractivity contribution in [1.29, 1.82) is 0 Å². The average Bonchev–Trinajstić information content (AvgIpc) is 2.79. The van der Waals surface area contributed by atoms with Gasteiger partial charge in [0.2, 0.25) is 5.91 Å². The Morgan fingerprint density at radius 3 is 2.55 bits per heavy atom. The number of hydrogen-bond donors (Lipinski definition) is 0. The molecule has 5 heteroatoms. The normalized spacial score (nSPS) is 21.5. The number of nitrogens with zero attached hydrogens (tertiary/aromatic N) is 1. The molecule has 0 unspecified atom stereocenters. The standard InChI is InChI=1S/C17H22FNO3/c1-4-22-17(21)16-14(11(2)3)9-15(20)19(16)10-12-5-7-13(18)8-6-12/h5-8,11,14,16H,4,9-10H2,1-3H3/t14-,16+/m1/s1. The van der Waals surface area contributed by atoms with Crippen LogP contribution in [0.5, 0.6) is 0 Å². The summed E-state index contributed by atoms with van der Waals surface area (Å²) >= 11 is 0. The first kappa shape index (κ1) is 16.5. The lowest BCUT2D eigenvalue weighted by molar-refractivity contribution is -0.153. The predicted molar refractivity (Wildman–Crippen MR) is 80.3 cm³/mol. The van der Waals surface area contributed by atoms with Crippen LogP contribution >= 0.6 is 0 Å². The number of ether oxygens (including phenoxy) is 1. The fraction of sp³-hybridized carbons (Fsp3) is 0.529. The van der Waals surface area contributed by atoms with E-state index in [2.05, 4.69) is 0 Å². The molecule has 0 aliphatic carbocycles. The number of esters is 1. The zero-order valence-corrected chi connectivity index (χ0v) is 13.2. The first-order valence-corrected chi connectivity index (χ1v) is 7.64. The van der Waals surface area contributed by atoms with E-state index in [1.165, 1.54) is 12.1 Å². The lowest BCUT2D eigenvalue weighted by Crippen LogP contribution is -2.43. The molecule has 1 heterocycles. The number of carbonyl (C=O) groups excluding carboxylic acids is 2. The van der Waals surface area contributed by atoms with E-state index in [9.17, 15) is 14.0 Å². The molecule has 4 nitrogen and oxygen atoms in total. The van der Waals surface area contributed by atoms with Crippen LogP contribution in [0.25, 0.3) is 0 Å². The third-order valence-electron chi connectivity index (χ3n) is 4.12. The monoisotopic (exact) mass is 307 g/mol. The molecule has 120 valence electrons. The second kappa shape index (κ2) is 6.90. The van der Waals surface area contributed by atoms with Gasteiger partial charge in [-0.05, 0) is 30.5 Å². The molecule has 22 heavy (non-hydrogen) atoms. The Morgan fingerprint density at radius 2 is 2.00 bits per heavy atom. The molecule has 2 rings (SSSR count). The van der Waals surface area contributed by atoms with Gasteiger partial charge in [-0.25, -0.2) is 9.18 Å². The summed E-state index contributed by atoms with van der Waals surface area (Å²) in [4.78, 5) is 26.2. The minimum absolute atomic E-state index is 0.0491. The third kappa shape index (κ3) is 3.46.